The van der Waals surface area contributed by atoms with Gasteiger partial charge >= 0.3 is 5.69 Å². The van der Waals surface area contributed by atoms with Gasteiger partial charge in [-0.3, -0.25) is 10.1 Å². The molecule has 7 nitrogen and oxygen atoms in total. The van der Waals surface area contributed by atoms with Crippen LogP contribution < -0.4 is 10.2 Å². The third-order valence-electron chi connectivity index (χ3n) is 4.52. The third-order valence-corrected chi connectivity index (χ3v) is 4.52. The van der Waals surface area contributed by atoms with Crippen LogP contribution in [0, 0.1) is 15.9 Å². The van der Waals surface area contributed by atoms with Gasteiger partial charge in [0.05, 0.1) is 4.92 Å². The molecule has 1 aliphatic rings. The van der Waals surface area contributed by atoms with E-state index >= 15 is 0 Å². The highest BCUT2D eigenvalue weighted by atomic mass is 19.1. The smallest absolute Gasteiger partial charge is 0.306 e. The molecule has 2 heterocycles. The summed E-state index contributed by atoms with van der Waals surface area (Å²) in [4.78, 5) is 21.5. The zero-order valence-corrected chi connectivity index (χ0v) is 14.9. The van der Waals surface area contributed by atoms with Gasteiger partial charge in [0.1, 0.15) is 5.82 Å². The van der Waals surface area contributed by atoms with E-state index in [1.54, 1.807) is 0 Å². The van der Waals surface area contributed by atoms with Crippen LogP contribution in [0.4, 0.5) is 27.5 Å². The van der Waals surface area contributed by atoms with Crippen molar-refractivity contribution < 1.29 is 9.31 Å². The van der Waals surface area contributed by atoms with Crippen molar-refractivity contribution in [3.8, 4) is 0 Å². The van der Waals surface area contributed by atoms with E-state index in [4.69, 9.17) is 0 Å². The lowest BCUT2D eigenvalue weighted by Crippen LogP contribution is -2.27. The molecule has 1 saturated heterocycles. The van der Waals surface area contributed by atoms with Crippen molar-refractivity contribution in [2.75, 3.05) is 16.8 Å². The van der Waals surface area contributed by atoms with E-state index in [1.165, 1.54) is 6.07 Å². The van der Waals surface area contributed by atoms with E-state index in [1.807, 2.05) is 6.07 Å². The van der Waals surface area contributed by atoms with Crippen LogP contribution in [0.15, 0.2) is 24.3 Å². The molecule has 138 valence electrons. The molecule has 1 aromatic heterocycles. The van der Waals surface area contributed by atoms with Crippen molar-refractivity contribution in [3.63, 3.8) is 0 Å². The molecule has 3 rings (SSSR count). The molecule has 0 amide bonds. The van der Waals surface area contributed by atoms with Gasteiger partial charge in [-0.15, -0.1) is 0 Å². The van der Waals surface area contributed by atoms with Crippen LogP contribution in [0.25, 0.3) is 0 Å². The van der Waals surface area contributed by atoms with Gasteiger partial charge in [0, 0.05) is 36.1 Å². The monoisotopic (exact) mass is 359 g/mol. The summed E-state index contributed by atoms with van der Waals surface area (Å²) in [6, 6.07) is 6.09. The highest BCUT2D eigenvalue weighted by molar-refractivity contribution is 5.59. The van der Waals surface area contributed by atoms with Gasteiger partial charge < -0.3 is 10.2 Å². The maximum Gasteiger partial charge on any atom is 0.306 e. The Balaban J connectivity index is 1.92. The van der Waals surface area contributed by atoms with E-state index in [-0.39, 0.29) is 0 Å². The number of aryl methyl sites for hydroxylation is 1. The Morgan fingerprint density at radius 1 is 1.38 bits per heavy atom. The zero-order valence-electron chi connectivity index (χ0n) is 14.9. The summed E-state index contributed by atoms with van der Waals surface area (Å²) < 4.78 is 13.5. The van der Waals surface area contributed by atoms with Crippen molar-refractivity contribution in [2.24, 2.45) is 0 Å². The molecule has 1 unspecified atom stereocenters. The van der Waals surface area contributed by atoms with Crippen molar-refractivity contribution in [1.82, 2.24) is 9.97 Å². The number of hydrogen-bond donors (Lipinski definition) is 1. The van der Waals surface area contributed by atoms with Crippen molar-refractivity contribution >= 4 is 23.1 Å². The molecule has 0 aliphatic carbocycles. The number of rotatable bonds is 6. The second-order valence-corrected chi connectivity index (χ2v) is 6.52. The van der Waals surface area contributed by atoms with Crippen molar-refractivity contribution in [2.45, 2.75) is 45.6 Å². The number of benzene rings is 1. The molecule has 1 fully saturated rings. The van der Waals surface area contributed by atoms with E-state index in [0.29, 0.717) is 17.7 Å². The molecule has 0 spiro atoms. The molecule has 2 aromatic rings. The quantitative estimate of drug-likeness (QED) is 0.614. The van der Waals surface area contributed by atoms with E-state index in [2.05, 4.69) is 34.0 Å². The minimum atomic E-state index is -0.868. The van der Waals surface area contributed by atoms with Crippen LogP contribution in [-0.2, 0) is 6.42 Å². The highest BCUT2D eigenvalue weighted by Gasteiger charge is 2.23. The van der Waals surface area contributed by atoms with E-state index in [0.717, 1.165) is 55.9 Å². The van der Waals surface area contributed by atoms with Crippen molar-refractivity contribution in [1.29, 1.82) is 0 Å². The van der Waals surface area contributed by atoms with Gasteiger partial charge in [0.15, 0.2) is 0 Å². The Bertz CT molecular complexity index is 814. The molecule has 0 bridgehead atoms. The van der Waals surface area contributed by atoms with Crippen LogP contribution in [-0.4, -0.2) is 27.5 Å². The summed E-state index contributed by atoms with van der Waals surface area (Å²) in [6.07, 6.45) is 4.02. The first-order valence-electron chi connectivity index (χ1n) is 8.83. The Hall–Kier alpha value is -2.77. The maximum absolute atomic E-state index is 13.5. The fourth-order valence-corrected chi connectivity index (χ4v) is 3.20. The number of anilines is 3. The lowest BCUT2D eigenvalue weighted by molar-refractivity contribution is -0.387. The number of aromatic nitrogens is 2. The Morgan fingerprint density at radius 2 is 2.19 bits per heavy atom. The molecular formula is C18H22FN5O2. The van der Waals surface area contributed by atoms with Crippen LogP contribution in [0.3, 0.4) is 0 Å². The Kier molecular flexibility index (Phi) is 5.29. The fraction of sp³-hybridized carbons (Fsp3) is 0.444. The first-order valence-corrected chi connectivity index (χ1v) is 8.83. The second kappa shape index (κ2) is 7.63. The van der Waals surface area contributed by atoms with E-state index < -0.39 is 16.4 Å². The minimum Gasteiger partial charge on any atom is -0.354 e. The molecule has 1 atom stereocenters. The number of halogens is 1. The lowest BCUT2D eigenvalue weighted by atomic mass is 10.2. The predicted molar refractivity (Wildman–Crippen MR) is 98.4 cm³/mol. The molecule has 8 heteroatoms. The van der Waals surface area contributed by atoms with E-state index in [9.17, 15) is 14.5 Å². The fourth-order valence-electron chi connectivity index (χ4n) is 3.20. The van der Waals surface area contributed by atoms with Gasteiger partial charge in [-0.05, 0) is 38.3 Å². The molecule has 0 saturated carbocycles. The normalized spacial score (nSPS) is 16.7. The molecule has 0 radical (unpaired) electrons. The summed E-state index contributed by atoms with van der Waals surface area (Å²) in [6.45, 7) is 5.20. The van der Waals surface area contributed by atoms with Gasteiger partial charge in [-0.2, -0.15) is 9.37 Å². The lowest BCUT2D eigenvalue weighted by Gasteiger charge is -2.23. The van der Waals surface area contributed by atoms with Gasteiger partial charge in [0.25, 0.3) is 0 Å². The highest BCUT2D eigenvalue weighted by Crippen LogP contribution is 2.27. The predicted octanol–water partition coefficient (Wildman–Crippen LogP) is 4.21. The molecule has 26 heavy (non-hydrogen) atoms. The maximum atomic E-state index is 13.5. The summed E-state index contributed by atoms with van der Waals surface area (Å²) >= 11 is 0. The standard InChI is InChI=1S/C18H22FN5O2/c1-3-5-13-11-17(23-9-4-6-12(23)2)22-18(20-13)21-14-7-8-15(19)16(10-14)24(25)26/h7-8,10-12H,3-6,9H2,1-2H3,(H,20,21,22). The number of nitrogens with zero attached hydrogens (tertiary/aromatic N) is 4. The molecule has 1 aromatic carbocycles. The first kappa shape index (κ1) is 18.0. The summed E-state index contributed by atoms with van der Waals surface area (Å²) in [5, 5.41) is 13.9. The number of nitrogens with one attached hydrogen (secondary N) is 1. The summed E-state index contributed by atoms with van der Waals surface area (Å²) in [7, 11) is 0. The summed E-state index contributed by atoms with van der Waals surface area (Å²) in [5.41, 5.74) is 0.719. The second-order valence-electron chi connectivity index (χ2n) is 6.52. The number of nitro groups is 1. The van der Waals surface area contributed by atoms with Crippen LogP contribution in [0.2, 0.25) is 0 Å². The minimum absolute atomic E-state index is 0.367. The summed E-state index contributed by atoms with van der Waals surface area (Å²) in [5.74, 6) is 0.353. The first-order chi connectivity index (χ1) is 12.5. The van der Waals surface area contributed by atoms with Gasteiger partial charge in [-0.25, -0.2) is 4.98 Å². The van der Waals surface area contributed by atoms with Gasteiger partial charge in [-0.1, -0.05) is 13.3 Å². The third kappa shape index (κ3) is 3.89. The molecule has 1 aliphatic heterocycles. The molecule has 1 N–H and O–H groups in total. The topological polar surface area (TPSA) is 84.2 Å². The Morgan fingerprint density at radius 3 is 2.85 bits per heavy atom. The number of nitro benzene ring substituents is 1. The van der Waals surface area contributed by atoms with Crippen molar-refractivity contribution in [3.05, 3.63) is 45.9 Å². The molecular weight excluding hydrogens is 337 g/mol. The largest absolute Gasteiger partial charge is 0.354 e. The van der Waals surface area contributed by atoms with Gasteiger partial charge in [0.2, 0.25) is 11.8 Å². The van der Waals surface area contributed by atoms with Crippen LogP contribution in [0.5, 0.6) is 0 Å². The zero-order chi connectivity index (χ0) is 18.7. The average Bonchev–Trinajstić information content (AvgIpc) is 3.02. The SMILES string of the molecule is CCCc1cc(N2CCCC2C)nc(Nc2ccc(F)c([N+](=O)[O-])c2)n1. The van der Waals surface area contributed by atoms with Crippen LogP contribution >= 0.6 is 0 Å². The Labute approximate surface area is 151 Å². The number of hydrogen-bond acceptors (Lipinski definition) is 6. The average molecular weight is 359 g/mol. The van der Waals surface area contributed by atoms with Crippen LogP contribution in [0.1, 0.15) is 38.8 Å².